The van der Waals surface area contributed by atoms with Gasteiger partial charge >= 0.3 is 5.51 Å². The molecule has 0 radical (unpaired) electrons. The number of oxazole rings is 1. The van der Waals surface area contributed by atoms with Crippen LogP contribution in [0, 0.1) is 6.92 Å². The zero-order chi connectivity index (χ0) is 22.1. The molecule has 0 spiro atoms. The van der Waals surface area contributed by atoms with Crippen molar-refractivity contribution in [3.63, 3.8) is 0 Å². The zero-order valence-electron chi connectivity index (χ0n) is 15.2. The van der Waals surface area contributed by atoms with Gasteiger partial charge in [0.15, 0.2) is 10.9 Å². The minimum atomic E-state index is -5.44. The van der Waals surface area contributed by atoms with Crippen LogP contribution in [0.15, 0.2) is 39.0 Å². The largest absolute Gasteiger partial charge is 0.501 e. The second-order valence-electron chi connectivity index (χ2n) is 6.04. The van der Waals surface area contributed by atoms with E-state index in [0.717, 1.165) is 35.6 Å². The molecule has 2 N–H and O–H groups in total. The van der Waals surface area contributed by atoms with Gasteiger partial charge in [-0.1, -0.05) is 12.1 Å². The predicted molar refractivity (Wildman–Crippen MR) is 100 cm³/mol. The lowest BCUT2D eigenvalue weighted by Crippen LogP contribution is -2.23. The maximum absolute atomic E-state index is 12.6. The summed E-state index contributed by atoms with van der Waals surface area (Å²) in [5.74, 6) is 0.00185. The van der Waals surface area contributed by atoms with Gasteiger partial charge in [0.25, 0.3) is 9.84 Å². The lowest BCUT2D eigenvalue weighted by atomic mass is 10.1. The molecule has 0 saturated heterocycles. The molecule has 0 bridgehead atoms. The van der Waals surface area contributed by atoms with Crippen LogP contribution in [0.3, 0.4) is 0 Å². The SMILES string of the molecule is Cc1nc(CO)oc1-c1csc(NC(=O)Cc2ccc(S(=O)(=O)C(F)(F)F)cc2)n1. The minimum Gasteiger partial charge on any atom is -0.436 e. The van der Waals surface area contributed by atoms with Crippen molar-refractivity contribution in [2.45, 2.75) is 30.4 Å². The van der Waals surface area contributed by atoms with Gasteiger partial charge in [0.1, 0.15) is 12.3 Å². The van der Waals surface area contributed by atoms with Crippen LogP contribution in [0.2, 0.25) is 0 Å². The number of carbonyl (C=O) groups is 1. The highest BCUT2D eigenvalue weighted by Gasteiger charge is 2.46. The number of aryl methyl sites for hydroxylation is 1. The molecule has 13 heteroatoms. The number of nitrogens with zero attached hydrogens (tertiary/aromatic N) is 2. The Kier molecular flexibility index (Phi) is 5.97. The van der Waals surface area contributed by atoms with Crippen molar-refractivity contribution in [2.24, 2.45) is 0 Å². The number of aliphatic hydroxyl groups is 1. The van der Waals surface area contributed by atoms with Gasteiger partial charge in [-0.3, -0.25) is 4.79 Å². The minimum absolute atomic E-state index is 0.136. The number of sulfone groups is 1. The summed E-state index contributed by atoms with van der Waals surface area (Å²) in [4.78, 5) is 19.5. The maximum Gasteiger partial charge on any atom is 0.501 e. The Morgan fingerprint density at radius 3 is 2.47 bits per heavy atom. The Morgan fingerprint density at radius 1 is 1.23 bits per heavy atom. The number of halogens is 3. The number of amides is 1. The number of aromatic nitrogens is 2. The van der Waals surface area contributed by atoms with Crippen molar-refractivity contribution >= 4 is 32.2 Å². The predicted octanol–water partition coefficient (Wildman–Crippen LogP) is 3.07. The first-order chi connectivity index (χ1) is 14.0. The highest BCUT2D eigenvalue weighted by Crippen LogP contribution is 2.30. The fraction of sp³-hybridized carbons (Fsp3) is 0.235. The van der Waals surface area contributed by atoms with Crippen molar-refractivity contribution in [3.05, 3.63) is 46.8 Å². The second-order valence-corrected chi connectivity index (χ2v) is 8.84. The lowest BCUT2D eigenvalue weighted by molar-refractivity contribution is -0.115. The summed E-state index contributed by atoms with van der Waals surface area (Å²) in [5, 5.41) is 13.5. The average Bonchev–Trinajstić information content (AvgIpc) is 3.27. The Labute approximate surface area is 172 Å². The van der Waals surface area contributed by atoms with Crippen LogP contribution >= 0.6 is 11.3 Å². The van der Waals surface area contributed by atoms with Crippen LogP contribution in [-0.2, 0) is 27.7 Å². The molecule has 3 rings (SSSR count). The summed E-state index contributed by atoms with van der Waals surface area (Å²) in [6.07, 6.45) is -0.197. The zero-order valence-corrected chi connectivity index (χ0v) is 16.9. The number of anilines is 1. The molecule has 8 nitrogen and oxygen atoms in total. The van der Waals surface area contributed by atoms with Gasteiger partial charge in [0, 0.05) is 5.38 Å². The lowest BCUT2D eigenvalue weighted by Gasteiger charge is -2.08. The summed E-state index contributed by atoms with van der Waals surface area (Å²) in [7, 11) is -5.44. The topological polar surface area (TPSA) is 122 Å². The number of hydrogen-bond acceptors (Lipinski definition) is 8. The molecule has 2 aromatic heterocycles. The van der Waals surface area contributed by atoms with Crippen molar-refractivity contribution < 1.29 is 35.9 Å². The number of benzene rings is 1. The van der Waals surface area contributed by atoms with E-state index in [1.807, 2.05) is 0 Å². The summed E-state index contributed by atoms with van der Waals surface area (Å²) in [6.45, 7) is 1.32. The van der Waals surface area contributed by atoms with E-state index >= 15 is 0 Å². The van der Waals surface area contributed by atoms with E-state index in [1.165, 1.54) is 0 Å². The number of thiazole rings is 1. The summed E-state index contributed by atoms with van der Waals surface area (Å²) in [5.41, 5.74) is -4.13. The van der Waals surface area contributed by atoms with E-state index in [-0.39, 0.29) is 24.0 Å². The third kappa shape index (κ3) is 4.52. The molecule has 0 aliphatic rings. The number of nitrogens with one attached hydrogen (secondary N) is 1. The highest BCUT2D eigenvalue weighted by atomic mass is 32.2. The molecule has 0 saturated carbocycles. The van der Waals surface area contributed by atoms with Crippen LogP contribution in [0.25, 0.3) is 11.5 Å². The van der Waals surface area contributed by atoms with Crippen LogP contribution in [-0.4, -0.2) is 34.9 Å². The highest BCUT2D eigenvalue weighted by molar-refractivity contribution is 7.92. The Bertz CT molecular complexity index is 1170. The molecule has 1 aromatic carbocycles. The van der Waals surface area contributed by atoms with E-state index in [9.17, 15) is 26.4 Å². The quantitative estimate of drug-likeness (QED) is 0.578. The molecule has 2 heterocycles. The molecule has 0 atom stereocenters. The molecule has 3 aromatic rings. The number of alkyl halides is 3. The number of aliphatic hydroxyl groups excluding tert-OH is 1. The molecule has 0 aliphatic heterocycles. The van der Waals surface area contributed by atoms with Gasteiger partial charge in [-0.25, -0.2) is 18.4 Å². The van der Waals surface area contributed by atoms with Crippen molar-refractivity contribution in [2.75, 3.05) is 5.32 Å². The third-order valence-electron chi connectivity index (χ3n) is 3.86. The maximum atomic E-state index is 12.6. The van der Waals surface area contributed by atoms with Crippen molar-refractivity contribution in [1.29, 1.82) is 0 Å². The molecular weight excluding hydrogens is 447 g/mol. The molecular formula is C17H14F3N3O5S2. The van der Waals surface area contributed by atoms with E-state index in [4.69, 9.17) is 9.52 Å². The van der Waals surface area contributed by atoms with Gasteiger partial charge in [0.05, 0.1) is 17.0 Å². The van der Waals surface area contributed by atoms with Crippen LogP contribution in [0.4, 0.5) is 18.3 Å². The monoisotopic (exact) mass is 461 g/mol. The molecule has 160 valence electrons. The summed E-state index contributed by atoms with van der Waals surface area (Å²) >= 11 is 1.12. The fourth-order valence-corrected chi connectivity index (χ4v) is 3.93. The molecule has 0 fully saturated rings. The normalized spacial score (nSPS) is 12.2. The second kappa shape index (κ2) is 8.16. The number of rotatable bonds is 6. The van der Waals surface area contributed by atoms with Gasteiger partial charge < -0.3 is 14.8 Å². The first kappa shape index (κ1) is 21.9. The van der Waals surface area contributed by atoms with E-state index in [1.54, 1.807) is 12.3 Å². The average molecular weight is 461 g/mol. The van der Waals surface area contributed by atoms with Gasteiger partial charge in [-0.2, -0.15) is 13.2 Å². The van der Waals surface area contributed by atoms with E-state index < -0.39 is 26.1 Å². The summed E-state index contributed by atoms with van der Waals surface area (Å²) in [6, 6.07) is 3.89. The fourth-order valence-electron chi connectivity index (χ4n) is 2.46. The third-order valence-corrected chi connectivity index (χ3v) is 6.12. The van der Waals surface area contributed by atoms with Gasteiger partial charge in [-0.05, 0) is 24.6 Å². The Hall–Kier alpha value is -2.77. The molecule has 30 heavy (non-hydrogen) atoms. The molecule has 0 aliphatic carbocycles. The van der Waals surface area contributed by atoms with Gasteiger partial charge in [-0.15, -0.1) is 11.3 Å². The van der Waals surface area contributed by atoms with Gasteiger partial charge in [0.2, 0.25) is 11.8 Å². The van der Waals surface area contributed by atoms with E-state index in [0.29, 0.717) is 22.7 Å². The van der Waals surface area contributed by atoms with E-state index in [2.05, 4.69) is 15.3 Å². The molecule has 1 amide bonds. The first-order valence-electron chi connectivity index (χ1n) is 8.24. The Balaban J connectivity index is 1.66. The molecule has 0 unspecified atom stereocenters. The standard InChI is InChI=1S/C17H14F3N3O5S2/c1-9-15(28-14(7-24)21-9)12-8-29-16(22-12)23-13(25)6-10-2-4-11(5-3-10)30(26,27)17(18,19)20/h2-5,8,24H,6-7H2,1H3,(H,22,23,25). The van der Waals surface area contributed by atoms with Crippen LogP contribution in [0.5, 0.6) is 0 Å². The van der Waals surface area contributed by atoms with Crippen LogP contribution < -0.4 is 5.32 Å². The van der Waals surface area contributed by atoms with Crippen LogP contribution in [0.1, 0.15) is 17.1 Å². The summed E-state index contributed by atoms with van der Waals surface area (Å²) < 4.78 is 65.8. The van der Waals surface area contributed by atoms with Crippen molar-refractivity contribution in [1.82, 2.24) is 9.97 Å². The first-order valence-corrected chi connectivity index (χ1v) is 10.6. The Morgan fingerprint density at radius 2 is 1.90 bits per heavy atom. The number of carbonyl (C=O) groups excluding carboxylic acids is 1. The van der Waals surface area contributed by atoms with Crippen molar-refractivity contribution in [3.8, 4) is 11.5 Å². The number of hydrogen-bond donors (Lipinski definition) is 2. The smallest absolute Gasteiger partial charge is 0.436 e.